The molecule has 4 N–H and O–H groups in total. The van der Waals surface area contributed by atoms with Gasteiger partial charge in [0.05, 0.1) is 0 Å². The van der Waals surface area contributed by atoms with Gasteiger partial charge in [-0.1, -0.05) is 0 Å². The van der Waals surface area contributed by atoms with Crippen LogP contribution in [0, 0.1) is 13.8 Å². The van der Waals surface area contributed by atoms with Crippen LogP contribution in [0.4, 0.5) is 0 Å². The molecular weight excluding hydrogens is 171 g/mol. The Balaban J connectivity index is -0.00000000267. The van der Waals surface area contributed by atoms with Gasteiger partial charge in [0.2, 0.25) is 0 Å². The summed E-state index contributed by atoms with van der Waals surface area (Å²) in [5.41, 5.74) is 0. The standard InChI is InChI=1S/2C2H5.2H2O.Zr/c2*1-2;;;/h2*1H2,2H3;2*1H2;/q2*-1;;;+2. The molecule has 0 heterocycles. The summed E-state index contributed by atoms with van der Waals surface area (Å²) in [5, 5.41) is 0. The Labute approximate surface area is 65.0 Å². The van der Waals surface area contributed by atoms with Gasteiger partial charge in [-0.2, -0.15) is 13.8 Å². The van der Waals surface area contributed by atoms with Crippen LogP contribution < -0.4 is 0 Å². The van der Waals surface area contributed by atoms with Gasteiger partial charge >= 0.3 is 26.2 Å². The van der Waals surface area contributed by atoms with E-state index in [1.54, 1.807) is 13.8 Å². The molecule has 3 heteroatoms. The topological polar surface area (TPSA) is 63.0 Å². The van der Waals surface area contributed by atoms with Gasteiger partial charge < -0.3 is 24.8 Å². The van der Waals surface area contributed by atoms with Gasteiger partial charge in [0, 0.05) is 0 Å². The van der Waals surface area contributed by atoms with Crippen molar-refractivity contribution in [2.24, 2.45) is 0 Å². The van der Waals surface area contributed by atoms with E-state index in [4.69, 9.17) is 0 Å². The average Bonchev–Trinajstić information content (AvgIpc) is 1.50. The predicted octanol–water partition coefficient (Wildman–Crippen LogP) is 0.0289. The summed E-state index contributed by atoms with van der Waals surface area (Å²) in [5.74, 6) is 0. The minimum Gasteiger partial charge on any atom is -0.412 e. The van der Waals surface area contributed by atoms with Crippen LogP contribution in [-0.2, 0) is 26.2 Å². The Bertz CT molecular complexity index is 9.65. The minimum absolute atomic E-state index is 0. The van der Waals surface area contributed by atoms with E-state index in [-0.39, 0.29) is 37.2 Å². The Morgan fingerprint density at radius 1 is 0.714 bits per heavy atom. The fourth-order valence-corrected chi connectivity index (χ4v) is 0. The minimum atomic E-state index is 0. The third-order valence-corrected chi connectivity index (χ3v) is 0. The first kappa shape index (κ1) is 46.0. The second-order valence-electron chi connectivity index (χ2n) is 0. The quantitative estimate of drug-likeness (QED) is 0.478. The molecule has 0 rings (SSSR count). The van der Waals surface area contributed by atoms with Crippen LogP contribution in [0.1, 0.15) is 13.8 Å². The molecule has 0 fully saturated rings. The zero-order chi connectivity index (χ0) is 4.00. The van der Waals surface area contributed by atoms with E-state index in [1.165, 1.54) is 0 Å². The molecule has 0 saturated carbocycles. The molecular formula is C4H14O2Zr. The van der Waals surface area contributed by atoms with Crippen molar-refractivity contribution in [3.05, 3.63) is 13.8 Å². The van der Waals surface area contributed by atoms with Crippen LogP contribution in [0.5, 0.6) is 0 Å². The maximum Gasteiger partial charge on any atom is 2.00 e. The summed E-state index contributed by atoms with van der Waals surface area (Å²) in [4.78, 5) is 0. The van der Waals surface area contributed by atoms with Gasteiger partial charge in [-0.3, -0.25) is 0 Å². The fourth-order valence-electron chi connectivity index (χ4n) is 0. The van der Waals surface area contributed by atoms with Crippen molar-refractivity contribution in [2.45, 2.75) is 13.8 Å². The molecule has 2 nitrogen and oxygen atoms in total. The first-order valence-corrected chi connectivity index (χ1v) is 1.41. The van der Waals surface area contributed by atoms with Crippen LogP contribution in [0.15, 0.2) is 0 Å². The predicted molar refractivity (Wildman–Crippen MR) is 29.3 cm³/mol. The summed E-state index contributed by atoms with van der Waals surface area (Å²) in [6.07, 6.45) is 0. The molecule has 46 valence electrons. The molecule has 0 atom stereocenters. The van der Waals surface area contributed by atoms with Gasteiger partial charge in [0.15, 0.2) is 0 Å². The fraction of sp³-hybridized carbons (Fsp3) is 0.500. The average molecular weight is 185 g/mol. The first-order chi connectivity index (χ1) is 2.00. The molecule has 0 aromatic rings. The number of hydrogen-bond donors (Lipinski definition) is 0. The maximum atomic E-state index is 3.25. The Morgan fingerprint density at radius 2 is 0.714 bits per heavy atom. The van der Waals surface area contributed by atoms with Crippen molar-refractivity contribution < 1.29 is 37.2 Å². The number of rotatable bonds is 0. The second kappa shape index (κ2) is 355. The van der Waals surface area contributed by atoms with Gasteiger partial charge in [0.1, 0.15) is 0 Å². The first-order valence-electron chi connectivity index (χ1n) is 1.41. The summed E-state index contributed by atoms with van der Waals surface area (Å²) < 4.78 is 0. The van der Waals surface area contributed by atoms with Crippen molar-refractivity contribution in [1.82, 2.24) is 0 Å². The normalized spacial score (nSPS) is 1.71. The third kappa shape index (κ3) is 243. The number of hydrogen-bond acceptors (Lipinski definition) is 0. The molecule has 0 bridgehead atoms. The molecule has 0 saturated heterocycles. The molecule has 0 aliphatic carbocycles. The zero-order valence-electron chi connectivity index (χ0n) is 4.91. The van der Waals surface area contributed by atoms with Crippen molar-refractivity contribution in [1.29, 1.82) is 0 Å². The molecule has 0 aromatic heterocycles. The molecule has 0 amide bonds. The summed E-state index contributed by atoms with van der Waals surface area (Å²) in [6.45, 7) is 10.0. The van der Waals surface area contributed by atoms with E-state index in [1.807, 2.05) is 0 Å². The smallest absolute Gasteiger partial charge is 0.412 e. The van der Waals surface area contributed by atoms with Crippen molar-refractivity contribution in [2.75, 3.05) is 0 Å². The van der Waals surface area contributed by atoms with E-state index in [0.717, 1.165) is 0 Å². The Morgan fingerprint density at radius 3 is 0.714 bits per heavy atom. The van der Waals surface area contributed by atoms with E-state index in [0.29, 0.717) is 0 Å². The van der Waals surface area contributed by atoms with Gasteiger partial charge in [-0.25, -0.2) is 0 Å². The Hall–Kier alpha value is 0.803. The van der Waals surface area contributed by atoms with Crippen LogP contribution in [0.25, 0.3) is 0 Å². The third-order valence-electron chi connectivity index (χ3n) is 0. The molecule has 0 aliphatic rings. The summed E-state index contributed by atoms with van der Waals surface area (Å²) in [7, 11) is 0. The molecule has 0 unspecified atom stereocenters. The van der Waals surface area contributed by atoms with E-state index >= 15 is 0 Å². The molecule has 0 aliphatic heterocycles. The van der Waals surface area contributed by atoms with Crippen LogP contribution in [0.3, 0.4) is 0 Å². The van der Waals surface area contributed by atoms with Crippen molar-refractivity contribution in [3.63, 3.8) is 0 Å². The largest absolute Gasteiger partial charge is 2.00 e. The van der Waals surface area contributed by atoms with Crippen LogP contribution in [-0.4, -0.2) is 11.0 Å². The second-order valence-corrected chi connectivity index (χ2v) is 0. The molecule has 0 aromatic carbocycles. The van der Waals surface area contributed by atoms with Crippen molar-refractivity contribution >= 4 is 0 Å². The molecule has 0 spiro atoms. The monoisotopic (exact) mass is 184 g/mol. The zero-order valence-corrected chi connectivity index (χ0v) is 7.37. The Kier molecular flexibility index (Phi) is 2330. The van der Waals surface area contributed by atoms with Crippen molar-refractivity contribution in [3.8, 4) is 0 Å². The van der Waals surface area contributed by atoms with E-state index in [2.05, 4.69) is 13.8 Å². The van der Waals surface area contributed by atoms with Gasteiger partial charge in [-0.05, 0) is 0 Å². The van der Waals surface area contributed by atoms with E-state index < -0.39 is 0 Å². The summed E-state index contributed by atoms with van der Waals surface area (Å²) in [6, 6.07) is 0. The van der Waals surface area contributed by atoms with Crippen LogP contribution >= 0.6 is 0 Å². The molecule has 0 radical (unpaired) electrons. The van der Waals surface area contributed by atoms with Gasteiger partial charge in [0.25, 0.3) is 0 Å². The summed E-state index contributed by atoms with van der Waals surface area (Å²) >= 11 is 0. The SMILES string of the molecule is O.O.[CH2-]C.[CH2-]C.[Zr+2]. The van der Waals surface area contributed by atoms with E-state index in [9.17, 15) is 0 Å². The van der Waals surface area contributed by atoms with Gasteiger partial charge in [-0.15, -0.1) is 0 Å². The molecule has 7 heavy (non-hydrogen) atoms. The maximum absolute atomic E-state index is 3.25. The van der Waals surface area contributed by atoms with Crippen LogP contribution in [0.2, 0.25) is 0 Å².